The van der Waals surface area contributed by atoms with Crippen LogP contribution < -0.4 is 10.1 Å². The van der Waals surface area contributed by atoms with Crippen molar-refractivity contribution in [1.82, 2.24) is 10.2 Å². The van der Waals surface area contributed by atoms with Gasteiger partial charge < -0.3 is 19.4 Å². The molecule has 0 bridgehead atoms. The first-order valence-electron chi connectivity index (χ1n) is 9.00. The summed E-state index contributed by atoms with van der Waals surface area (Å²) < 4.78 is 10.5. The van der Waals surface area contributed by atoms with E-state index in [9.17, 15) is 9.59 Å². The molecule has 1 fully saturated rings. The van der Waals surface area contributed by atoms with Gasteiger partial charge in [0.15, 0.2) is 0 Å². The molecule has 0 atom stereocenters. The molecule has 2 aromatic rings. The Labute approximate surface area is 153 Å². The highest BCUT2D eigenvalue weighted by atomic mass is 16.5. The summed E-state index contributed by atoms with van der Waals surface area (Å²) in [5.74, 6) is 0.859. The van der Waals surface area contributed by atoms with Crippen LogP contribution in [0.3, 0.4) is 0 Å². The van der Waals surface area contributed by atoms with Crippen LogP contribution in [-0.4, -0.2) is 43.0 Å². The quantitative estimate of drug-likeness (QED) is 0.864. The molecule has 6 nitrogen and oxygen atoms in total. The third kappa shape index (κ3) is 4.25. The molecule has 3 rings (SSSR count). The number of hydrogen-bond donors (Lipinski definition) is 1. The summed E-state index contributed by atoms with van der Waals surface area (Å²) in [6, 6.07) is 8.95. The molecule has 0 spiro atoms. The normalized spacial score (nSPS) is 14.9. The number of carbonyl (C=O) groups excluding carboxylic acids is 2. The predicted molar refractivity (Wildman–Crippen MR) is 97.3 cm³/mol. The van der Waals surface area contributed by atoms with Crippen LogP contribution in [-0.2, 0) is 0 Å². The zero-order chi connectivity index (χ0) is 18.4. The number of ether oxygens (including phenoxy) is 1. The molecule has 1 aliphatic rings. The topological polar surface area (TPSA) is 71.8 Å². The molecule has 1 aromatic carbocycles. The average molecular weight is 356 g/mol. The predicted octanol–water partition coefficient (Wildman–Crippen LogP) is 2.96. The molecule has 0 saturated carbocycles. The van der Waals surface area contributed by atoms with Crippen LogP contribution in [0.2, 0.25) is 0 Å². The molecule has 6 heteroatoms. The van der Waals surface area contributed by atoms with Gasteiger partial charge in [-0.15, -0.1) is 0 Å². The monoisotopic (exact) mass is 356 g/mol. The third-order valence-corrected chi connectivity index (χ3v) is 4.65. The number of amides is 2. The zero-order valence-electron chi connectivity index (χ0n) is 14.9. The van der Waals surface area contributed by atoms with Crippen molar-refractivity contribution in [3.05, 3.63) is 54.0 Å². The van der Waals surface area contributed by atoms with Crippen LogP contribution in [0.25, 0.3) is 0 Å². The fourth-order valence-corrected chi connectivity index (χ4v) is 3.18. The standard InChI is InChI=1S/C20H24N2O4/c1-2-26-18-6-4-3-5-17(18)19(23)21-13-15-7-10-22(11-8-15)20(24)16-9-12-25-14-16/h3-6,9,12,14-15H,2,7-8,10-11,13H2,1H3,(H,21,23). The zero-order valence-corrected chi connectivity index (χ0v) is 14.9. The number of rotatable bonds is 6. The summed E-state index contributed by atoms with van der Waals surface area (Å²) in [4.78, 5) is 26.6. The summed E-state index contributed by atoms with van der Waals surface area (Å²) in [5.41, 5.74) is 1.14. The van der Waals surface area contributed by atoms with E-state index in [-0.39, 0.29) is 11.8 Å². The molecule has 0 aliphatic carbocycles. The lowest BCUT2D eigenvalue weighted by Crippen LogP contribution is -2.41. The van der Waals surface area contributed by atoms with E-state index in [4.69, 9.17) is 9.15 Å². The molecule has 0 unspecified atom stereocenters. The number of likely N-dealkylation sites (tertiary alicyclic amines) is 1. The van der Waals surface area contributed by atoms with Gasteiger partial charge in [0.25, 0.3) is 11.8 Å². The Bertz CT molecular complexity index is 734. The maximum absolute atomic E-state index is 12.4. The van der Waals surface area contributed by atoms with Crippen LogP contribution >= 0.6 is 0 Å². The minimum Gasteiger partial charge on any atom is -0.493 e. The molecule has 26 heavy (non-hydrogen) atoms. The first-order chi connectivity index (χ1) is 12.7. The lowest BCUT2D eigenvalue weighted by Gasteiger charge is -2.31. The minimum absolute atomic E-state index is 0.00637. The van der Waals surface area contributed by atoms with E-state index >= 15 is 0 Å². The first-order valence-corrected chi connectivity index (χ1v) is 9.00. The van der Waals surface area contributed by atoms with Gasteiger partial charge in [0, 0.05) is 19.6 Å². The molecule has 1 aliphatic heterocycles. The molecule has 2 heterocycles. The largest absolute Gasteiger partial charge is 0.493 e. The van der Waals surface area contributed by atoms with Crippen LogP contribution in [0.5, 0.6) is 5.75 Å². The number of para-hydroxylation sites is 1. The Morgan fingerprint density at radius 1 is 1.23 bits per heavy atom. The van der Waals surface area contributed by atoms with E-state index in [1.807, 2.05) is 24.0 Å². The van der Waals surface area contributed by atoms with Crippen molar-refractivity contribution >= 4 is 11.8 Å². The number of nitrogens with one attached hydrogen (secondary N) is 1. The van der Waals surface area contributed by atoms with Crippen molar-refractivity contribution in [2.45, 2.75) is 19.8 Å². The molecule has 1 aromatic heterocycles. The second-order valence-corrected chi connectivity index (χ2v) is 6.39. The number of nitrogens with zero attached hydrogens (tertiary/aromatic N) is 1. The Balaban J connectivity index is 1.48. The summed E-state index contributed by atoms with van der Waals surface area (Å²) in [5, 5.41) is 3.00. The van der Waals surface area contributed by atoms with E-state index in [1.54, 1.807) is 18.2 Å². The van der Waals surface area contributed by atoms with Gasteiger partial charge in [-0.05, 0) is 43.9 Å². The van der Waals surface area contributed by atoms with Gasteiger partial charge in [0.2, 0.25) is 0 Å². The van der Waals surface area contributed by atoms with Crippen molar-refractivity contribution in [3.63, 3.8) is 0 Å². The SMILES string of the molecule is CCOc1ccccc1C(=O)NCC1CCN(C(=O)c2ccoc2)CC1. The highest BCUT2D eigenvalue weighted by Gasteiger charge is 2.24. The second-order valence-electron chi connectivity index (χ2n) is 6.39. The minimum atomic E-state index is -0.119. The molecule has 138 valence electrons. The van der Waals surface area contributed by atoms with Gasteiger partial charge in [-0.25, -0.2) is 0 Å². The number of carbonyl (C=O) groups is 2. The van der Waals surface area contributed by atoms with Crippen LogP contribution in [0.15, 0.2) is 47.3 Å². The summed E-state index contributed by atoms with van der Waals surface area (Å²) >= 11 is 0. The fourth-order valence-electron chi connectivity index (χ4n) is 3.18. The number of piperidine rings is 1. The van der Waals surface area contributed by atoms with Crippen LogP contribution in [0, 0.1) is 5.92 Å². The lowest BCUT2D eigenvalue weighted by molar-refractivity contribution is 0.0683. The Morgan fingerprint density at radius 3 is 2.69 bits per heavy atom. The summed E-state index contributed by atoms with van der Waals surface area (Å²) in [7, 11) is 0. The Kier molecular flexibility index (Phi) is 5.94. The van der Waals surface area contributed by atoms with Crippen molar-refractivity contribution in [2.24, 2.45) is 5.92 Å². The summed E-state index contributed by atoms with van der Waals surface area (Å²) in [6.45, 7) is 4.41. The fraction of sp³-hybridized carbons (Fsp3) is 0.400. The maximum atomic E-state index is 12.4. The van der Waals surface area contributed by atoms with Gasteiger partial charge in [0.05, 0.1) is 24.0 Å². The molecular formula is C20H24N2O4. The van der Waals surface area contributed by atoms with Gasteiger partial charge >= 0.3 is 0 Å². The smallest absolute Gasteiger partial charge is 0.257 e. The van der Waals surface area contributed by atoms with Gasteiger partial charge in [-0.2, -0.15) is 0 Å². The van der Waals surface area contributed by atoms with Gasteiger partial charge in [-0.1, -0.05) is 12.1 Å². The van der Waals surface area contributed by atoms with Crippen molar-refractivity contribution < 1.29 is 18.7 Å². The number of benzene rings is 1. The van der Waals surface area contributed by atoms with Crippen molar-refractivity contribution in [3.8, 4) is 5.75 Å². The summed E-state index contributed by atoms with van der Waals surface area (Å²) in [6.07, 6.45) is 4.73. The van der Waals surface area contributed by atoms with E-state index in [2.05, 4.69) is 5.32 Å². The number of furan rings is 1. The number of hydrogen-bond acceptors (Lipinski definition) is 4. The Hall–Kier alpha value is -2.76. The van der Waals surface area contributed by atoms with Gasteiger partial charge in [0.1, 0.15) is 12.0 Å². The third-order valence-electron chi connectivity index (χ3n) is 4.65. The highest BCUT2D eigenvalue weighted by Crippen LogP contribution is 2.20. The van der Waals surface area contributed by atoms with Gasteiger partial charge in [-0.3, -0.25) is 9.59 Å². The lowest BCUT2D eigenvalue weighted by atomic mass is 9.96. The van der Waals surface area contributed by atoms with E-state index in [1.165, 1.54) is 12.5 Å². The maximum Gasteiger partial charge on any atom is 0.257 e. The molecule has 1 saturated heterocycles. The first kappa shape index (κ1) is 18.0. The molecular weight excluding hydrogens is 332 g/mol. The molecule has 1 N–H and O–H groups in total. The van der Waals surface area contributed by atoms with E-state index < -0.39 is 0 Å². The van der Waals surface area contributed by atoms with E-state index in [0.717, 1.165) is 12.8 Å². The molecule has 2 amide bonds. The average Bonchev–Trinajstić information content (AvgIpc) is 3.21. The highest BCUT2D eigenvalue weighted by molar-refractivity contribution is 5.97. The van der Waals surface area contributed by atoms with Crippen molar-refractivity contribution in [2.75, 3.05) is 26.2 Å². The Morgan fingerprint density at radius 2 is 2.00 bits per heavy atom. The van der Waals surface area contributed by atoms with Crippen molar-refractivity contribution in [1.29, 1.82) is 0 Å². The second kappa shape index (κ2) is 8.56. The van der Waals surface area contributed by atoms with E-state index in [0.29, 0.717) is 49.0 Å². The van der Waals surface area contributed by atoms with Crippen LogP contribution in [0.4, 0.5) is 0 Å². The molecule has 0 radical (unpaired) electrons. The van der Waals surface area contributed by atoms with Crippen LogP contribution in [0.1, 0.15) is 40.5 Å².